The Bertz CT molecular complexity index is 718. The van der Waals surface area contributed by atoms with Crippen molar-refractivity contribution in [3.63, 3.8) is 0 Å². The fourth-order valence-corrected chi connectivity index (χ4v) is 4.33. The molecule has 0 spiro atoms. The van der Waals surface area contributed by atoms with Gasteiger partial charge in [0.05, 0.1) is 13.2 Å². The van der Waals surface area contributed by atoms with Gasteiger partial charge in [0.25, 0.3) is 0 Å². The van der Waals surface area contributed by atoms with E-state index in [4.69, 9.17) is 4.74 Å². The third-order valence-electron chi connectivity index (χ3n) is 5.17. The lowest BCUT2D eigenvalue weighted by Gasteiger charge is -2.37. The SMILES string of the molecule is C1=C(C2c3ccccc3-c3ccccc32)CC2COCC1N2. The summed E-state index contributed by atoms with van der Waals surface area (Å²) < 4.78 is 5.68. The number of hydrogen-bond acceptors (Lipinski definition) is 2. The van der Waals surface area contributed by atoms with Crippen LogP contribution in [-0.2, 0) is 4.74 Å². The Morgan fingerprint density at radius 2 is 1.55 bits per heavy atom. The van der Waals surface area contributed by atoms with Gasteiger partial charge in [0.15, 0.2) is 0 Å². The van der Waals surface area contributed by atoms with Crippen molar-refractivity contribution in [2.45, 2.75) is 24.4 Å². The summed E-state index contributed by atoms with van der Waals surface area (Å²) in [7, 11) is 0. The van der Waals surface area contributed by atoms with E-state index in [2.05, 4.69) is 59.9 Å². The van der Waals surface area contributed by atoms with Gasteiger partial charge in [-0.2, -0.15) is 0 Å². The van der Waals surface area contributed by atoms with E-state index in [1.807, 2.05) is 0 Å². The van der Waals surface area contributed by atoms with E-state index >= 15 is 0 Å². The highest BCUT2D eigenvalue weighted by Crippen LogP contribution is 2.49. The van der Waals surface area contributed by atoms with Gasteiger partial charge in [-0.1, -0.05) is 60.2 Å². The zero-order chi connectivity index (χ0) is 14.5. The van der Waals surface area contributed by atoms with Crippen molar-refractivity contribution in [2.75, 3.05) is 13.2 Å². The molecule has 2 nitrogen and oxygen atoms in total. The average molecular weight is 289 g/mol. The molecule has 2 heterocycles. The second-order valence-electron chi connectivity index (χ2n) is 6.56. The van der Waals surface area contributed by atoms with E-state index < -0.39 is 0 Å². The van der Waals surface area contributed by atoms with E-state index in [0.717, 1.165) is 19.6 Å². The van der Waals surface area contributed by atoms with Crippen LogP contribution >= 0.6 is 0 Å². The van der Waals surface area contributed by atoms with Crippen LogP contribution in [0.4, 0.5) is 0 Å². The summed E-state index contributed by atoms with van der Waals surface area (Å²) in [5, 5.41) is 3.65. The molecule has 2 heteroatoms. The van der Waals surface area contributed by atoms with Gasteiger partial charge in [-0.05, 0) is 28.7 Å². The van der Waals surface area contributed by atoms with Gasteiger partial charge in [-0.15, -0.1) is 0 Å². The molecule has 1 aliphatic carbocycles. The molecule has 5 rings (SSSR count). The largest absolute Gasteiger partial charge is 0.378 e. The molecule has 3 aliphatic rings. The lowest BCUT2D eigenvalue weighted by molar-refractivity contribution is 0.0525. The zero-order valence-corrected chi connectivity index (χ0v) is 12.5. The predicted octanol–water partition coefficient (Wildman–Crippen LogP) is 3.49. The van der Waals surface area contributed by atoms with Crippen molar-refractivity contribution >= 4 is 0 Å². The number of benzene rings is 2. The number of morpholine rings is 1. The molecule has 0 radical (unpaired) electrons. The average Bonchev–Trinajstić information content (AvgIpc) is 2.89. The van der Waals surface area contributed by atoms with Crippen molar-refractivity contribution in [3.8, 4) is 11.1 Å². The molecular formula is C20H19NO. The van der Waals surface area contributed by atoms with Crippen molar-refractivity contribution in [1.82, 2.24) is 5.32 Å². The van der Waals surface area contributed by atoms with Gasteiger partial charge in [-0.25, -0.2) is 0 Å². The molecule has 2 aromatic carbocycles. The third-order valence-corrected chi connectivity index (χ3v) is 5.17. The summed E-state index contributed by atoms with van der Waals surface area (Å²) >= 11 is 0. The second-order valence-corrected chi connectivity index (χ2v) is 6.56. The van der Waals surface area contributed by atoms with Crippen molar-refractivity contribution in [3.05, 3.63) is 71.3 Å². The van der Waals surface area contributed by atoms with Crippen LogP contribution in [0.15, 0.2) is 60.2 Å². The summed E-state index contributed by atoms with van der Waals surface area (Å²) in [5.74, 6) is 0.428. The van der Waals surface area contributed by atoms with Gasteiger partial charge in [0.2, 0.25) is 0 Å². The van der Waals surface area contributed by atoms with E-state index in [1.165, 1.54) is 22.3 Å². The molecular weight excluding hydrogens is 270 g/mol. The monoisotopic (exact) mass is 289 g/mol. The number of fused-ring (bicyclic) bond motifs is 5. The van der Waals surface area contributed by atoms with Crippen LogP contribution in [0.5, 0.6) is 0 Å². The van der Waals surface area contributed by atoms with E-state index in [-0.39, 0.29) is 0 Å². The Hall–Kier alpha value is -1.90. The van der Waals surface area contributed by atoms with Crippen LogP contribution in [0.2, 0.25) is 0 Å². The van der Waals surface area contributed by atoms with E-state index in [1.54, 1.807) is 5.57 Å². The molecule has 22 heavy (non-hydrogen) atoms. The first-order chi connectivity index (χ1) is 10.9. The van der Waals surface area contributed by atoms with Crippen LogP contribution in [0, 0.1) is 0 Å². The Labute approximate surface area is 130 Å². The highest BCUT2D eigenvalue weighted by Gasteiger charge is 2.35. The molecule has 110 valence electrons. The molecule has 2 aromatic rings. The molecule has 1 N–H and O–H groups in total. The first kappa shape index (κ1) is 12.6. The number of nitrogens with one attached hydrogen (secondary N) is 1. The summed E-state index contributed by atoms with van der Waals surface area (Å²) in [6, 6.07) is 18.6. The maximum Gasteiger partial charge on any atom is 0.0656 e. The van der Waals surface area contributed by atoms with Gasteiger partial charge in [-0.3, -0.25) is 0 Å². The van der Waals surface area contributed by atoms with Crippen LogP contribution in [0.3, 0.4) is 0 Å². The number of hydrogen-bond donors (Lipinski definition) is 1. The Kier molecular flexibility index (Phi) is 2.76. The Morgan fingerprint density at radius 1 is 0.864 bits per heavy atom. The Balaban J connectivity index is 1.67. The summed E-state index contributed by atoms with van der Waals surface area (Å²) in [6.45, 7) is 1.64. The van der Waals surface area contributed by atoms with Crippen LogP contribution in [0.25, 0.3) is 11.1 Å². The molecule has 0 amide bonds. The Morgan fingerprint density at radius 3 is 2.23 bits per heavy atom. The predicted molar refractivity (Wildman–Crippen MR) is 88.0 cm³/mol. The van der Waals surface area contributed by atoms with E-state index in [0.29, 0.717) is 18.0 Å². The fraction of sp³-hybridized carbons (Fsp3) is 0.300. The first-order valence-electron chi connectivity index (χ1n) is 8.13. The van der Waals surface area contributed by atoms with Crippen molar-refractivity contribution < 1.29 is 4.74 Å². The molecule has 1 fully saturated rings. The molecule has 2 unspecified atom stereocenters. The maximum atomic E-state index is 5.68. The standard InChI is InChI=1S/C20H19NO/c1-3-7-18-16(5-1)17-6-2-4-8-19(17)20(18)13-9-14-11-22-12-15(10-13)21-14/h1-9,14-15,20-21H,10-12H2. The van der Waals surface area contributed by atoms with Gasteiger partial charge >= 0.3 is 0 Å². The quantitative estimate of drug-likeness (QED) is 0.812. The summed E-state index contributed by atoms with van der Waals surface area (Å²) in [5.41, 5.74) is 7.31. The maximum absolute atomic E-state index is 5.68. The topological polar surface area (TPSA) is 21.3 Å². The summed E-state index contributed by atoms with van der Waals surface area (Å²) in [4.78, 5) is 0. The fourth-order valence-electron chi connectivity index (χ4n) is 4.33. The molecule has 0 aromatic heterocycles. The van der Waals surface area contributed by atoms with Crippen molar-refractivity contribution in [2.24, 2.45) is 0 Å². The normalized spacial score (nSPS) is 26.3. The minimum Gasteiger partial charge on any atom is -0.378 e. The minimum absolute atomic E-state index is 0.377. The van der Waals surface area contributed by atoms with Crippen LogP contribution in [0.1, 0.15) is 23.5 Å². The van der Waals surface area contributed by atoms with Gasteiger partial charge < -0.3 is 10.1 Å². The molecule has 2 atom stereocenters. The van der Waals surface area contributed by atoms with Crippen molar-refractivity contribution in [1.29, 1.82) is 0 Å². The van der Waals surface area contributed by atoms with Gasteiger partial charge in [0.1, 0.15) is 0 Å². The number of rotatable bonds is 1. The number of ether oxygens (including phenoxy) is 1. The summed E-state index contributed by atoms with van der Waals surface area (Å²) in [6.07, 6.45) is 3.50. The smallest absolute Gasteiger partial charge is 0.0656 e. The lowest BCUT2D eigenvalue weighted by atomic mass is 9.82. The van der Waals surface area contributed by atoms with Crippen LogP contribution < -0.4 is 5.32 Å². The molecule has 1 saturated heterocycles. The van der Waals surface area contributed by atoms with Gasteiger partial charge in [0, 0.05) is 18.0 Å². The third kappa shape index (κ3) is 1.81. The lowest BCUT2D eigenvalue weighted by Crippen LogP contribution is -2.51. The van der Waals surface area contributed by atoms with E-state index in [9.17, 15) is 0 Å². The molecule has 2 aliphatic heterocycles. The second kappa shape index (κ2) is 4.80. The first-order valence-corrected chi connectivity index (χ1v) is 8.13. The molecule has 2 bridgehead atoms. The highest BCUT2D eigenvalue weighted by molar-refractivity contribution is 5.80. The highest BCUT2D eigenvalue weighted by atomic mass is 16.5. The molecule has 0 saturated carbocycles. The zero-order valence-electron chi connectivity index (χ0n) is 12.5. The minimum atomic E-state index is 0.377. The van der Waals surface area contributed by atoms with Crippen LogP contribution in [-0.4, -0.2) is 25.3 Å².